The quantitative estimate of drug-likeness (QED) is 0.633. The Morgan fingerprint density at radius 2 is 2.16 bits per heavy atom. The van der Waals surface area contributed by atoms with Crippen LogP contribution in [0.15, 0.2) is 18.2 Å². The summed E-state index contributed by atoms with van der Waals surface area (Å²) in [5, 5.41) is 23.5. The molecule has 0 bridgehead atoms. The van der Waals surface area contributed by atoms with Crippen molar-refractivity contribution >= 4 is 29.4 Å². The van der Waals surface area contributed by atoms with Crippen molar-refractivity contribution in [2.75, 3.05) is 16.8 Å². The zero-order valence-corrected chi connectivity index (χ0v) is 10.9. The molecule has 1 atom stereocenters. The third kappa shape index (κ3) is 3.54. The second kappa shape index (κ2) is 5.83. The topological polar surface area (TPSA) is 98.7 Å². The number of urea groups is 1. The van der Waals surface area contributed by atoms with Crippen molar-refractivity contribution in [3.8, 4) is 5.75 Å². The minimum Gasteiger partial charge on any atom is -0.508 e. The Morgan fingerprint density at radius 1 is 1.37 bits per heavy atom. The molecule has 102 valence electrons. The molecule has 1 aliphatic rings. The van der Waals surface area contributed by atoms with Gasteiger partial charge in [-0.15, -0.1) is 0 Å². The molecule has 0 aliphatic carbocycles. The predicted octanol–water partition coefficient (Wildman–Crippen LogP) is 1.72. The fourth-order valence-electron chi connectivity index (χ4n) is 1.81. The molecule has 6 nitrogen and oxygen atoms in total. The van der Waals surface area contributed by atoms with E-state index in [4.69, 9.17) is 5.11 Å². The van der Waals surface area contributed by atoms with Crippen molar-refractivity contribution in [2.45, 2.75) is 12.5 Å². The number of phenolic OH excluding ortho intramolecular Hbond substituents is 1. The fraction of sp³-hybridized carbons (Fsp3) is 0.333. The lowest BCUT2D eigenvalue weighted by Crippen LogP contribution is -2.38. The lowest BCUT2D eigenvalue weighted by atomic mass is 10.1. The molecule has 1 saturated heterocycles. The largest absolute Gasteiger partial charge is 0.508 e. The summed E-state index contributed by atoms with van der Waals surface area (Å²) in [6.07, 6.45) is 0.916. The van der Waals surface area contributed by atoms with Gasteiger partial charge in [0.25, 0.3) is 0 Å². The summed E-state index contributed by atoms with van der Waals surface area (Å²) < 4.78 is 0. The molecule has 1 aromatic carbocycles. The van der Waals surface area contributed by atoms with Crippen molar-refractivity contribution in [2.24, 2.45) is 0 Å². The first kappa shape index (κ1) is 13.5. The number of nitrogens with one attached hydrogen (secondary N) is 2. The third-order valence-corrected chi connectivity index (χ3v) is 3.91. The average Bonchev–Trinajstić information content (AvgIpc) is 2.83. The maximum absolute atomic E-state index is 11.7. The number of amides is 2. The molecule has 2 amide bonds. The number of benzene rings is 1. The first-order chi connectivity index (χ1) is 9.06. The fourth-order valence-corrected chi connectivity index (χ4v) is 2.96. The van der Waals surface area contributed by atoms with Gasteiger partial charge in [-0.25, -0.2) is 9.59 Å². The molecule has 0 radical (unpaired) electrons. The number of anilines is 1. The molecular weight excluding hydrogens is 268 g/mol. The summed E-state index contributed by atoms with van der Waals surface area (Å²) in [7, 11) is 0. The minimum atomic E-state index is -1.21. The lowest BCUT2D eigenvalue weighted by Gasteiger charge is -2.13. The van der Waals surface area contributed by atoms with Gasteiger partial charge in [0.1, 0.15) is 5.75 Å². The molecule has 0 spiro atoms. The number of hydrogen-bond donors (Lipinski definition) is 4. The van der Waals surface area contributed by atoms with Gasteiger partial charge in [0, 0.05) is 11.8 Å². The average molecular weight is 282 g/mol. The van der Waals surface area contributed by atoms with E-state index in [-0.39, 0.29) is 23.0 Å². The van der Waals surface area contributed by atoms with Crippen LogP contribution in [0.3, 0.4) is 0 Å². The van der Waals surface area contributed by atoms with E-state index in [1.165, 1.54) is 12.1 Å². The van der Waals surface area contributed by atoms with Crippen LogP contribution in [0.5, 0.6) is 5.75 Å². The molecule has 1 unspecified atom stereocenters. The van der Waals surface area contributed by atoms with Gasteiger partial charge in [-0.05, 0) is 30.4 Å². The number of carbonyl (C=O) groups is 2. The van der Waals surface area contributed by atoms with Crippen LogP contribution in [0, 0.1) is 0 Å². The monoisotopic (exact) mass is 282 g/mol. The second-order valence-electron chi connectivity index (χ2n) is 4.19. The van der Waals surface area contributed by atoms with Gasteiger partial charge >= 0.3 is 12.0 Å². The highest BCUT2D eigenvalue weighted by molar-refractivity contribution is 7.99. The molecule has 0 aromatic heterocycles. The first-order valence-electron chi connectivity index (χ1n) is 5.78. The highest BCUT2D eigenvalue weighted by atomic mass is 32.2. The molecule has 1 fully saturated rings. The van der Waals surface area contributed by atoms with Crippen molar-refractivity contribution in [3.05, 3.63) is 23.8 Å². The van der Waals surface area contributed by atoms with Gasteiger partial charge in [0.15, 0.2) is 0 Å². The van der Waals surface area contributed by atoms with Crippen LogP contribution < -0.4 is 10.6 Å². The second-order valence-corrected chi connectivity index (χ2v) is 5.34. The van der Waals surface area contributed by atoms with Gasteiger partial charge < -0.3 is 20.8 Å². The Balaban J connectivity index is 2.05. The van der Waals surface area contributed by atoms with E-state index in [9.17, 15) is 14.7 Å². The Hall–Kier alpha value is -1.89. The zero-order chi connectivity index (χ0) is 13.8. The highest BCUT2D eigenvalue weighted by Gasteiger charge is 2.19. The number of phenols is 1. The van der Waals surface area contributed by atoms with E-state index in [0.29, 0.717) is 0 Å². The minimum absolute atomic E-state index is 0.121. The summed E-state index contributed by atoms with van der Waals surface area (Å²) >= 11 is 1.77. The molecule has 7 heteroatoms. The molecule has 0 saturated carbocycles. The molecule has 1 aliphatic heterocycles. The van der Waals surface area contributed by atoms with E-state index >= 15 is 0 Å². The van der Waals surface area contributed by atoms with Crippen molar-refractivity contribution in [1.29, 1.82) is 0 Å². The van der Waals surface area contributed by atoms with Gasteiger partial charge in [0.2, 0.25) is 0 Å². The highest BCUT2D eigenvalue weighted by Crippen LogP contribution is 2.22. The van der Waals surface area contributed by atoms with E-state index in [2.05, 4.69) is 10.6 Å². The van der Waals surface area contributed by atoms with Gasteiger partial charge in [-0.1, -0.05) is 0 Å². The molecule has 2 rings (SSSR count). The van der Waals surface area contributed by atoms with Crippen LogP contribution in [-0.4, -0.2) is 39.8 Å². The van der Waals surface area contributed by atoms with Crippen molar-refractivity contribution in [3.63, 3.8) is 0 Å². The summed E-state index contributed by atoms with van der Waals surface area (Å²) in [6.45, 7) is 0. The normalized spacial score (nSPS) is 18.0. The summed E-state index contributed by atoms with van der Waals surface area (Å²) in [6, 6.07) is 3.48. The molecule has 19 heavy (non-hydrogen) atoms. The number of aromatic hydroxyl groups is 1. The molecule has 1 heterocycles. The standard InChI is InChI=1S/C12H14N2O4S/c15-8-1-2-10(9(5-8)11(16)17)14-12(18)13-7-3-4-19-6-7/h1-2,5,7,15H,3-4,6H2,(H,16,17)(H2,13,14,18). The Bertz CT molecular complexity index is 501. The Labute approximate surface area is 114 Å². The molecule has 1 aromatic rings. The lowest BCUT2D eigenvalue weighted by molar-refractivity contribution is 0.0697. The van der Waals surface area contributed by atoms with Crippen molar-refractivity contribution < 1.29 is 19.8 Å². The number of carboxylic acids is 1. The van der Waals surface area contributed by atoms with Crippen LogP contribution in [0.2, 0.25) is 0 Å². The van der Waals surface area contributed by atoms with Crippen LogP contribution in [-0.2, 0) is 0 Å². The number of aromatic carboxylic acids is 1. The Kier molecular flexibility index (Phi) is 4.16. The number of carboxylic acid groups (broad SMARTS) is 1. The number of hydrogen-bond acceptors (Lipinski definition) is 4. The van der Waals surface area contributed by atoms with E-state index < -0.39 is 12.0 Å². The maximum Gasteiger partial charge on any atom is 0.337 e. The third-order valence-electron chi connectivity index (χ3n) is 2.75. The van der Waals surface area contributed by atoms with Crippen molar-refractivity contribution in [1.82, 2.24) is 5.32 Å². The number of carbonyl (C=O) groups excluding carboxylic acids is 1. The SMILES string of the molecule is O=C(Nc1ccc(O)cc1C(=O)O)NC1CCSC1. The summed E-state index contributed by atoms with van der Waals surface area (Å²) in [4.78, 5) is 22.8. The summed E-state index contributed by atoms with van der Waals surface area (Å²) in [5.74, 6) is 0.525. The summed E-state index contributed by atoms with van der Waals surface area (Å²) in [5.41, 5.74) is 0.0180. The number of thioether (sulfide) groups is 1. The zero-order valence-electron chi connectivity index (χ0n) is 10.0. The molecular formula is C12H14N2O4S. The van der Waals surface area contributed by atoms with Gasteiger partial charge in [0.05, 0.1) is 11.3 Å². The van der Waals surface area contributed by atoms with Crippen LogP contribution in [0.4, 0.5) is 10.5 Å². The van der Waals surface area contributed by atoms with E-state index in [1.54, 1.807) is 11.8 Å². The predicted molar refractivity (Wildman–Crippen MR) is 73.0 cm³/mol. The van der Waals surface area contributed by atoms with Crippen LogP contribution >= 0.6 is 11.8 Å². The van der Waals surface area contributed by atoms with Gasteiger partial charge in [-0.3, -0.25) is 0 Å². The smallest absolute Gasteiger partial charge is 0.337 e. The number of rotatable bonds is 3. The van der Waals surface area contributed by atoms with E-state index in [0.717, 1.165) is 24.0 Å². The Morgan fingerprint density at radius 3 is 2.79 bits per heavy atom. The molecule has 4 N–H and O–H groups in total. The van der Waals surface area contributed by atoms with Crippen LogP contribution in [0.25, 0.3) is 0 Å². The maximum atomic E-state index is 11.7. The van der Waals surface area contributed by atoms with Crippen LogP contribution in [0.1, 0.15) is 16.8 Å². The van der Waals surface area contributed by atoms with Gasteiger partial charge in [-0.2, -0.15) is 11.8 Å². The first-order valence-corrected chi connectivity index (χ1v) is 6.93. The van der Waals surface area contributed by atoms with E-state index in [1.807, 2.05) is 0 Å².